The van der Waals surface area contributed by atoms with Crippen LogP contribution in [0.1, 0.15) is 11.1 Å². The van der Waals surface area contributed by atoms with Gasteiger partial charge in [-0.1, -0.05) is 12.1 Å². The number of rotatable bonds is 10. The van der Waals surface area contributed by atoms with Crippen LogP contribution in [-0.4, -0.2) is 67.8 Å². The van der Waals surface area contributed by atoms with Gasteiger partial charge in [-0.3, -0.25) is 0 Å². The Balaban J connectivity index is 2.42. The van der Waals surface area contributed by atoms with Crippen LogP contribution in [0.4, 0.5) is 17.6 Å². The van der Waals surface area contributed by atoms with Crippen molar-refractivity contribution < 1.29 is 48.2 Å². The van der Waals surface area contributed by atoms with Crippen LogP contribution in [0.5, 0.6) is 0 Å². The molecule has 0 fully saturated rings. The molecule has 6 N–H and O–H groups in total. The molecular formula is C23H24F4O6. The first-order valence-electron chi connectivity index (χ1n) is 9.89. The number of halogens is 4. The third kappa shape index (κ3) is 6.72. The Labute approximate surface area is 187 Å². The molecule has 0 aliphatic carbocycles. The Morgan fingerprint density at radius 3 is 1.73 bits per heavy atom. The molecule has 33 heavy (non-hydrogen) atoms. The van der Waals surface area contributed by atoms with E-state index in [4.69, 9.17) is 5.11 Å². The summed E-state index contributed by atoms with van der Waals surface area (Å²) in [4.78, 5) is 0. The van der Waals surface area contributed by atoms with Gasteiger partial charge < -0.3 is 30.6 Å². The lowest BCUT2D eigenvalue weighted by atomic mass is 9.91. The van der Waals surface area contributed by atoms with Crippen LogP contribution >= 0.6 is 0 Å². The van der Waals surface area contributed by atoms with Gasteiger partial charge in [0.1, 0.15) is 53.8 Å². The van der Waals surface area contributed by atoms with Crippen LogP contribution in [-0.2, 0) is 12.8 Å². The third-order valence-corrected chi connectivity index (χ3v) is 5.05. The first kappa shape index (κ1) is 26.7. The lowest BCUT2D eigenvalue weighted by Crippen LogP contribution is -2.50. The SMILES string of the molecule is OC[C@H](O)[C@@H](O)[C@H](O)[C@H](O)C(O)C(=C=CCc1c(F)cccc1F)Cc1c(F)cccc1F. The predicted octanol–water partition coefficient (Wildman–Crippen LogP) is 0.907. The molecular weight excluding hydrogens is 448 g/mol. The van der Waals surface area contributed by atoms with Crippen LogP contribution in [0.15, 0.2) is 53.8 Å². The molecule has 1 unspecified atom stereocenters. The molecule has 0 aliphatic heterocycles. The number of hydrogen-bond donors (Lipinski definition) is 6. The Morgan fingerprint density at radius 1 is 0.758 bits per heavy atom. The molecule has 10 heteroatoms. The van der Waals surface area contributed by atoms with E-state index in [-0.39, 0.29) is 17.6 Å². The molecule has 2 rings (SSSR count). The van der Waals surface area contributed by atoms with E-state index in [1.54, 1.807) is 0 Å². The number of aliphatic hydroxyl groups is 6. The fraction of sp³-hybridized carbons (Fsp3) is 0.348. The average molecular weight is 472 g/mol. The molecule has 0 saturated carbocycles. The second-order valence-corrected chi connectivity index (χ2v) is 7.32. The third-order valence-electron chi connectivity index (χ3n) is 5.05. The molecule has 0 bridgehead atoms. The largest absolute Gasteiger partial charge is 0.394 e. The molecule has 6 nitrogen and oxygen atoms in total. The van der Waals surface area contributed by atoms with E-state index in [1.165, 1.54) is 0 Å². The van der Waals surface area contributed by atoms with Crippen LogP contribution in [0, 0.1) is 23.3 Å². The average Bonchev–Trinajstić information content (AvgIpc) is 2.79. The summed E-state index contributed by atoms with van der Waals surface area (Å²) in [7, 11) is 0. The highest BCUT2D eigenvalue weighted by Gasteiger charge is 2.35. The normalized spacial score (nSPS) is 15.8. The predicted molar refractivity (Wildman–Crippen MR) is 109 cm³/mol. The van der Waals surface area contributed by atoms with Crippen molar-refractivity contribution in [2.75, 3.05) is 6.61 Å². The molecule has 0 saturated heterocycles. The summed E-state index contributed by atoms with van der Waals surface area (Å²) in [5.41, 5.74) is 1.23. The van der Waals surface area contributed by atoms with E-state index >= 15 is 0 Å². The minimum Gasteiger partial charge on any atom is -0.394 e. The highest BCUT2D eigenvalue weighted by molar-refractivity contribution is 5.28. The van der Waals surface area contributed by atoms with Crippen molar-refractivity contribution in [3.05, 3.63) is 88.2 Å². The summed E-state index contributed by atoms with van der Waals surface area (Å²) in [5.74, 6) is -3.67. The topological polar surface area (TPSA) is 121 Å². The van der Waals surface area contributed by atoms with Gasteiger partial charge in [0.25, 0.3) is 0 Å². The zero-order valence-corrected chi connectivity index (χ0v) is 17.2. The fourth-order valence-corrected chi connectivity index (χ4v) is 3.07. The number of aliphatic hydroxyl groups excluding tert-OH is 6. The van der Waals surface area contributed by atoms with E-state index in [0.29, 0.717) is 0 Å². The van der Waals surface area contributed by atoms with Crippen molar-refractivity contribution in [1.82, 2.24) is 0 Å². The quantitative estimate of drug-likeness (QED) is 0.226. The second kappa shape index (κ2) is 12.1. The summed E-state index contributed by atoms with van der Waals surface area (Å²) < 4.78 is 55.9. The Hall–Kier alpha value is -2.56. The fourth-order valence-electron chi connectivity index (χ4n) is 3.07. The van der Waals surface area contributed by atoms with E-state index in [2.05, 4.69) is 5.73 Å². The Morgan fingerprint density at radius 2 is 1.24 bits per heavy atom. The second-order valence-electron chi connectivity index (χ2n) is 7.32. The highest BCUT2D eigenvalue weighted by Crippen LogP contribution is 2.22. The molecule has 0 heterocycles. The maximum atomic E-state index is 14.1. The minimum absolute atomic E-state index is 0.335. The van der Waals surface area contributed by atoms with Crippen molar-refractivity contribution in [2.24, 2.45) is 0 Å². The van der Waals surface area contributed by atoms with Crippen molar-refractivity contribution in [1.29, 1.82) is 0 Å². The van der Waals surface area contributed by atoms with Gasteiger partial charge in [0.2, 0.25) is 0 Å². The van der Waals surface area contributed by atoms with Crippen molar-refractivity contribution in [2.45, 2.75) is 43.4 Å². The highest BCUT2D eigenvalue weighted by atomic mass is 19.1. The van der Waals surface area contributed by atoms with Gasteiger partial charge >= 0.3 is 0 Å². The minimum atomic E-state index is -2.18. The van der Waals surface area contributed by atoms with Crippen molar-refractivity contribution >= 4 is 0 Å². The number of benzene rings is 2. The summed E-state index contributed by atoms with van der Waals surface area (Å²) in [6.45, 7) is -0.960. The first-order chi connectivity index (χ1) is 15.6. The molecule has 0 aliphatic rings. The maximum absolute atomic E-state index is 14.1. The van der Waals surface area contributed by atoms with E-state index in [0.717, 1.165) is 42.5 Å². The molecule has 2 aromatic carbocycles. The monoisotopic (exact) mass is 472 g/mol. The van der Waals surface area contributed by atoms with Crippen LogP contribution in [0.3, 0.4) is 0 Å². The summed E-state index contributed by atoms with van der Waals surface area (Å²) in [6, 6.07) is 6.22. The molecule has 0 aromatic heterocycles. The number of hydrogen-bond acceptors (Lipinski definition) is 6. The Kier molecular flexibility index (Phi) is 9.75. The lowest BCUT2D eigenvalue weighted by molar-refractivity contribution is -0.134. The van der Waals surface area contributed by atoms with Gasteiger partial charge in [0.15, 0.2) is 0 Å². The molecule has 2 aromatic rings. The molecule has 0 radical (unpaired) electrons. The first-order valence-corrected chi connectivity index (χ1v) is 9.89. The van der Waals surface area contributed by atoms with Crippen molar-refractivity contribution in [3.8, 4) is 0 Å². The Bertz CT molecular complexity index is 968. The van der Waals surface area contributed by atoms with Crippen LogP contribution in [0.25, 0.3) is 0 Å². The van der Waals surface area contributed by atoms with Gasteiger partial charge in [0.05, 0.1) is 6.61 Å². The molecule has 0 spiro atoms. The van der Waals surface area contributed by atoms with Crippen LogP contribution in [0.2, 0.25) is 0 Å². The molecule has 0 amide bonds. The van der Waals surface area contributed by atoms with E-state index in [9.17, 15) is 43.1 Å². The van der Waals surface area contributed by atoms with Gasteiger partial charge in [0, 0.05) is 29.5 Å². The van der Waals surface area contributed by atoms with E-state index in [1.807, 2.05) is 0 Å². The van der Waals surface area contributed by atoms with Crippen LogP contribution < -0.4 is 0 Å². The zero-order chi connectivity index (χ0) is 24.7. The molecule has 5 atom stereocenters. The molecule has 180 valence electrons. The van der Waals surface area contributed by atoms with Gasteiger partial charge in [-0.25, -0.2) is 17.6 Å². The van der Waals surface area contributed by atoms with Crippen molar-refractivity contribution in [3.63, 3.8) is 0 Å². The van der Waals surface area contributed by atoms with Gasteiger partial charge in [-0.2, -0.15) is 0 Å². The summed E-state index contributed by atoms with van der Waals surface area (Å²) in [6.07, 6.45) is -10.3. The summed E-state index contributed by atoms with van der Waals surface area (Å²) >= 11 is 0. The lowest BCUT2D eigenvalue weighted by Gasteiger charge is -2.29. The maximum Gasteiger partial charge on any atom is 0.129 e. The summed E-state index contributed by atoms with van der Waals surface area (Å²) in [5, 5.41) is 58.9. The zero-order valence-electron chi connectivity index (χ0n) is 17.2. The van der Waals surface area contributed by atoms with E-state index < -0.39 is 72.4 Å². The van der Waals surface area contributed by atoms with Gasteiger partial charge in [-0.15, -0.1) is 5.73 Å². The standard InChI is InChI=1S/C23H24F4O6/c24-15-6-2-7-16(25)13(15)5-1-4-12(10-14-17(26)8-3-9-18(14)27)20(30)22(32)23(33)21(31)19(29)11-28/h1-3,6-9,19-23,28-33H,5,10-11H2/t4?,19-,20?,21+,22+,23-/m0/s1. The smallest absolute Gasteiger partial charge is 0.129 e. The van der Waals surface area contributed by atoms with Gasteiger partial charge in [-0.05, 0) is 30.3 Å².